The van der Waals surface area contributed by atoms with E-state index < -0.39 is 0 Å². The summed E-state index contributed by atoms with van der Waals surface area (Å²) in [6.07, 6.45) is 4.68. The van der Waals surface area contributed by atoms with Gasteiger partial charge in [-0.2, -0.15) is 0 Å². The number of hydrogen-bond donors (Lipinski definition) is 1. The number of rotatable bonds is 4. The number of benzene rings is 1. The highest BCUT2D eigenvalue weighted by Crippen LogP contribution is 2.51. The lowest BCUT2D eigenvalue weighted by Gasteiger charge is -2.18. The lowest BCUT2D eigenvalue weighted by Crippen LogP contribution is -2.21. The first-order valence-corrected chi connectivity index (χ1v) is 5.90. The van der Waals surface area contributed by atoms with Gasteiger partial charge in [-0.3, -0.25) is 0 Å². The average molecular weight is 221 g/mol. The van der Waals surface area contributed by atoms with Crippen molar-refractivity contribution in [3.63, 3.8) is 0 Å². The molecule has 86 valence electrons. The van der Waals surface area contributed by atoms with E-state index in [4.69, 9.17) is 10.5 Å². The Bertz CT molecular complexity index is 410. The van der Waals surface area contributed by atoms with Crippen LogP contribution in [0, 0.1) is 5.82 Å². The highest BCUT2D eigenvalue weighted by Gasteiger charge is 2.45. The van der Waals surface area contributed by atoms with E-state index in [1.54, 1.807) is 12.1 Å². The summed E-state index contributed by atoms with van der Waals surface area (Å²) >= 11 is 0. The highest BCUT2D eigenvalue weighted by atomic mass is 19.1. The number of nitrogens with two attached hydrogens (primary N) is 1. The lowest BCUT2D eigenvalue weighted by atomic mass is 9.95. The molecule has 2 fully saturated rings. The van der Waals surface area contributed by atoms with Crippen LogP contribution in [-0.2, 0) is 5.41 Å². The second-order valence-corrected chi connectivity index (χ2v) is 4.94. The van der Waals surface area contributed by atoms with E-state index in [1.807, 2.05) is 0 Å². The Morgan fingerprint density at radius 2 is 2.12 bits per heavy atom. The maximum Gasteiger partial charge on any atom is 0.123 e. The van der Waals surface area contributed by atoms with Crippen molar-refractivity contribution in [2.75, 3.05) is 6.54 Å². The second kappa shape index (κ2) is 3.45. The largest absolute Gasteiger partial charge is 0.490 e. The first-order chi connectivity index (χ1) is 7.73. The molecule has 0 amide bonds. The van der Waals surface area contributed by atoms with Crippen molar-refractivity contribution in [1.82, 2.24) is 0 Å². The molecule has 2 aliphatic rings. The predicted molar refractivity (Wildman–Crippen MR) is 60.0 cm³/mol. The minimum Gasteiger partial charge on any atom is -0.490 e. The molecule has 16 heavy (non-hydrogen) atoms. The van der Waals surface area contributed by atoms with Crippen molar-refractivity contribution in [1.29, 1.82) is 0 Å². The average Bonchev–Trinajstić information content (AvgIpc) is 3.14. The molecule has 0 aromatic heterocycles. The van der Waals surface area contributed by atoms with E-state index in [1.165, 1.54) is 6.07 Å². The van der Waals surface area contributed by atoms with E-state index in [-0.39, 0.29) is 11.2 Å². The fourth-order valence-corrected chi connectivity index (χ4v) is 2.12. The van der Waals surface area contributed by atoms with Crippen molar-refractivity contribution in [3.05, 3.63) is 29.6 Å². The summed E-state index contributed by atoms with van der Waals surface area (Å²) in [7, 11) is 0. The van der Waals surface area contributed by atoms with Gasteiger partial charge in [0.1, 0.15) is 11.6 Å². The molecule has 0 aliphatic heterocycles. The minimum absolute atomic E-state index is 0.00762. The minimum atomic E-state index is -0.196. The lowest BCUT2D eigenvalue weighted by molar-refractivity contribution is 0.296. The van der Waals surface area contributed by atoms with Crippen LogP contribution in [0.15, 0.2) is 18.2 Å². The highest BCUT2D eigenvalue weighted by molar-refractivity contribution is 5.44. The van der Waals surface area contributed by atoms with Crippen molar-refractivity contribution >= 4 is 0 Å². The first-order valence-electron chi connectivity index (χ1n) is 5.90. The molecule has 1 aromatic carbocycles. The molecule has 2 saturated carbocycles. The molecule has 1 aromatic rings. The van der Waals surface area contributed by atoms with Gasteiger partial charge in [0.15, 0.2) is 0 Å². The topological polar surface area (TPSA) is 35.2 Å². The molecule has 2 nitrogen and oxygen atoms in total. The van der Waals surface area contributed by atoms with Crippen LogP contribution in [0.2, 0.25) is 0 Å². The smallest absolute Gasteiger partial charge is 0.123 e. The van der Waals surface area contributed by atoms with Gasteiger partial charge in [-0.15, -0.1) is 0 Å². The fourth-order valence-electron chi connectivity index (χ4n) is 2.12. The molecule has 0 bridgehead atoms. The van der Waals surface area contributed by atoms with Crippen molar-refractivity contribution in [2.45, 2.75) is 37.2 Å². The van der Waals surface area contributed by atoms with Crippen LogP contribution in [0.25, 0.3) is 0 Å². The molecule has 0 saturated heterocycles. The van der Waals surface area contributed by atoms with Crippen molar-refractivity contribution in [2.24, 2.45) is 5.73 Å². The molecular formula is C13H16FNO. The van der Waals surface area contributed by atoms with Gasteiger partial charge in [0.05, 0.1) is 6.10 Å². The van der Waals surface area contributed by atoms with Crippen LogP contribution in [0.4, 0.5) is 4.39 Å². The maximum absolute atomic E-state index is 13.3. The summed E-state index contributed by atoms with van der Waals surface area (Å²) in [6, 6.07) is 4.81. The van der Waals surface area contributed by atoms with E-state index >= 15 is 0 Å². The summed E-state index contributed by atoms with van der Waals surface area (Å²) < 4.78 is 19.1. The SMILES string of the molecule is NCC1(c2cc(F)ccc2OC2CC2)CC1. The Balaban J connectivity index is 1.95. The summed E-state index contributed by atoms with van der Waals surface area (Å²) in [5.74, 6) is 0.643. The van der Waals surface area contributed by atoms with Gasteiger partial charge < -0.3 is 10.5 Å². The van der Waals surface area contributed by atoms with Crippen molar-refractivity contribution < 1.29 is 9.13 Å². The predicted octanol–water partition coefficient (Wildman–Crippen LogP) is 2.36. The van der Waals surface area contributed by atoms with Gasteiger partial charge in [-0.05, 0) is 43.9 Å². The zero-order valence-corrected chi connectivity index (χ0v) is 9.21. The Morgan fingerprint density at radius 1 is 1.38 bits per heavy atom. The van der Waals surface area contributed by atoms with Gasteiger partial charge in [0.2, 0.25) is 0 Å². The van der Waals surface area contributed by atoms with Gasteiger partial charge in [0, 0.05) is 17.5 Å². The van der Waals surface area contributed by atoms with Crippen LogP contribution in [0.3, 0.4) is 0 Å². The Kier molecular flexibility index (Phi) is 2.18. The van der Waals surface area contributed by atoms with Gasteiger partial charge >= 0.3 is 0 Å². The summed E-state index contributed by atoms with van der Waals surface area (Å²) in [4.78, 5) is 0. The number of hydrogen-bond acceptors (Lipinski definition) is 2. The molecule has 2 N–H and O–H groups in total. The van der Waals surface area contributed by atoms with E-state index in [0.717, 1.165) is 37.0 Å². The van der Waals surface area contributed by atoms with Gasteiger partial charge in [-0.25, -0.2) is 4.39 Å². The van der Waals surface area contributed by atoms with E-state index in [0.29, 0.717) is 12.6 Å². The normalized spacial score (nSPS) is 21.9. The second-order valence-electron chi connectivity index (χ2n) is 4.94. The van der Waals surface area contributed by atoms with Crippen LogP contribution in [-0.4, -0.2) is 12.6 Å². The van der Waals surface area contributed by atoms with Crippen LogP contribution in [0.1, 0.15) is 31.2 Å². The number of halogens is 1. The molecule has 3 rings (SSSR count). The molecule has 0 radical (unpaired) electrons. The molecule has 0 heterocycles. The van der Waals surface area contributed by atoms with Crippen LogP contribution >= 0.6 is 0 Å². The quantitative estimate of drug-likeness (QED) is 0.847. The first kappa shape index (κ1) is 10.1. The molecule has 0 unspecified atom stereocenters. The maximum atomic E-state index is 13.3. The van der Waals surface area contributed by atoms with E-state index in [2.05, 4.69) is 0 Å². The monoisotopic (exact) mass is 221 g/mol. The van der Waals surface area contributed by atoms with Crippen LogP contribution < -0.4 is 10.5 Å². The van der Waals surface area contributed by atoms with Gasteiger partial charge in [0.25, 0.3) is 0 Å². The third-order valence-corrected chi connectivity index (χ3v) is 3.58. The Morgan fingerprint density at radius 3 is 2.69 bits per heavy atom. The summed E-state index contributed by atoms with van der Waals surface area (Å²) in [5.41, 5.74) is 6.75. The Hall–Kier alpha value is -1.09. The number of ether oxygens (including phenoxy) is 1. The third kappa shape index (κ3) is 1.69. The zero-order valence-electron chi connectivity index (χ0n) is 9.21. The Labute approximate surface area is 94.6 Å². The van der Waals surface area contributed by atoms with E-state index in [9.17, 15) is 4.39 Å². The molecule has 0 spiro atoms. The molecule has 2 aliphatic carbocycles. The third-order valence-electron chi connectivity index (χ3n) is 3.58. The summed E-state index contributed by atoms with van der Waals surface area (Å²) in [6.45, 7) is 0.581. The molecular weight excluding hydrogens is 205 g/mol. The standard InChI is InChI=1S/C13H16FNO/c14-9-1-4-12(16-10-2-3-10)11(7-9)13(8-15)5-6-13/h1,4,7,10H,2-3,5-6,8,15H2. The fraction of sp³-hybridized carbons (Fsp3) is 0.538. The summed E-state index contributed by atoms with van der Waals surface area (Å²) in [5, 5.41) is 0. The molecule has 0 atom stereocenters. The zero-order chi connectivity index (χ0) is 11.2. The molecule has 3 heteroatoms. The van der Waals surface area contributed by atoms with Crippen molar-refractivity contribution in [3.8, 4) is 5.75 Å². The van der Waals surface area contributed by atoms with Crippen LogP contribution in [0.5, 0.6) is 5.75 Å². The van der Waals surface area contributed by atoms with Gasteiger partial charge in [-0.1, -0.05) is 0 Å².